The van der Waals surface area contributed by atoms with Gasteiger partial charge in [-0.1, -0.05) is 18.2 Å². The predicted octanol–water partition coefficient (Wildman–Crippen LogP) is 2.70. The van der Waals surface area contributed by atoms with Gasteiger partial charge in [0, 0.05) is 6.42 Å². The second-order valence-corrected chi connectivity index (χ2v) is 4.77. The molecule has 0 unspecified atom stereocenters. The minimum absolute atomic E-state index is 0.245. The van der Waals surface area contributed by atoms with Crippen LogP contribution in [0.4, 0.5) is 10.2 Å². The Morgan fingerprint density at radius 3 is 2.65 bits per heavy atom. The number of nitrogens with zero attached hydrogens (tertiary/aromatic N) is 2. The standard InChI is InChI=1S/C12H11FIN3/c1-7-11(14)12(15)17-10(16-7)6-8-4-2-3-5-9(8)13/h2-5H,6H2,1H3,(H2,15,16,17). The van der Waals surface area contributed by atoms with E-state index in [9.17, 15) is 4.39 Å². The van der Waals surface area contributed by atoms with Gasteiger partial charge in [-0.2, -0.15) is 0 Å². The Morgan fingerprint density at radius 2 is 2.00 bits per heavy atom. The van der Waals surface area contributed by atoms with Gasteiger partial charge in [-0.3, -0.25) is 0 Å². The highest BCUT2D eigenvalue weighted by Crippen LogP contribution is 2.17. The van der Waals surface area contributed by atoms with Gasteiger partial charge < -0.3 is 5.73 Å². The number of benzene rings is 1. The number of hydrogen-bond donors (Lipinski definition) is 1. The van der Waals surface area contributed by atoms with E-state index in [0.29, 0.717) is 23.6 Å². The molecule has 2 N–H and O–H groups in total. The Morgan fingerprint density at radius 1 is 1.29 bits per heavy atom. The highest BCUT2D eigenvalue weighted by atomic mass is 127. The fraction of sp³-hybridized carbons (Fsp3) is 0.167. The summed E-state index contributed by atoms with van der Waals surface area (Å²) in [4.78, 5) is 8.47. The molecule has 0 aliphatic carbocycles. The first kappa shape index (κ1) is 12.2. The average Bonchev–Trinajstić information content (AvgIpc) is 2.29. The molecule has 0 fully saturated rings. The zero-order chi connectivity index (χ0) is 12.4. The molecule has 1 aromatic heterocycles. The summed E-state index contributed by atoms with van der Waals surface area (Å²) < 4.78 is 14.3. The van der Waals surface area contributed by atoms with Crippen molar-refractivity contribution in [3.05, 3.63) is 50.7 Å². The first-order valence-corrected chi connectivity index (χ1v) is 6.17. The summed E-state index contributed by atoms with van der Waals surface area (Å²) in [5.41, 5.74) is 7.16. The van der Waals surface area contributed by atoms with Gasteiger partial charge in [-0.15, -0.1) is 0 Å². The van der Waals surface area contributed by atoms with Crippen LogP contribution in [0, 0.1) is 16.3 Å². The molecule has 0 atom stereocenters. The van der Waals surface area contributed by atoms with E-state index >= 15 is 0 Å². The Bertz CT molecular complexity index is 534. The summed E-state index contributed by atoms with van der Waals surface area (Å²) in [5.74, 6) is 0.751. The minimum atomic E-state index is -0.245. The lowest BCUT2D eigenvalue weighted by molar-refractivity contribution is 0.612. The quantitative estimate of drug-likeness (QED) is 0.853. The summed E-state index contributed by atoms with van der Waals surface area (Å²) in [5, 5.41) is 0. The molecule has 2 rings (SSSR count). The maximum absolute atomic E-state index is 13.5. The molecule has 88 valence electrons. The van der Waals surface area contributed by atoms with Crippen molar-refractivity contribution >= 4 is 28.4 Å². The van der Waals surface area contributed by atoms with Crippen LogP contribution in [-0.4, -0.2) is 9.97 Å². The molecule has 1 heterocycles. The minimum Gasteiger partial charge on any atom is -0.383 e. The van der Waals surface area contributed by atoms with E-state index in [1.807, 2.05) is 6.92 Å². The van der Waals surface area contributed by atoms with Crippen molar-refractivity contribution in [2.45, 2.75) is 13.3 Å². The molecule has 5 heteroatoms. The van der Waals surface area contributed by atoms with E-state index in [0.717, 1.165) is 9.26 Å². The number of aromatic nitrogens is 2. The molecule has 0 saturated heterocycles. The SMILES string of the molecule is Cc1nc(Cc2ccccc2F)nc(N)c1I. The molecular formula is C12H11FIN3. The molecule has 0 bridgehead atoms. The molecule has 0 amide bonds. The van der Waals surface area contributed by atoms with Crippen LogP contribution in [-0.2, 0) is 6.42 Å². The third-order valence-electron chi connectivity index (χ3n) is 2.40. The van der Waals surface area contributed by atoms with Gasteiger partial charge in [0.2, 0.25) is 0 Å². The van der Waals surface area contributed by atoms with Crippen LogP contribution in [0.3, 0.4) is 0 Å². The van der Waals surface area contributed by atoms with Crippen molar-refractivity contribution in [2.24, 2.45) is 0 Å². The highest BCUT2D eigenvalue weighted by molar-refractivity contribution is 14.1. The van der Waals surface area contributed by atoms with Crippen LogP contribution in [0.5, 0.6) is 0 Å². The highest BCUT2D eigenvalue weighted by Gasteiger charge is 2.09. The first-order chi connectivity index (χ1) is 8.08. The molecule has 0 radical (unpaired) electrons. The second-order valence-electron chi connectivity index (χ2n) is 3.69. The van der Waals surface area contributed by atoms with Crippen molar-refractivity contribution in [3.8, 4) is 0 Å². The molecule has 0 aliphatic rings. The molecule has 17 heavy (non-hydrogen) atoms. The average molecular weight is 343 g/mol. The van der Waals surface area contributed by atoms with Crippen LogP contribution < -0.4 is 5.73 Å². The number of halogens is 2. The fourth-order valence-corrected chi connectivity index (χ4v) is 1.77. The summed E-state index contributed by atoms with van der Waals surface area (Å²) in [6, 6.07) is 6.61. The van der Waals surface area contributed by atoms with E-state index in [1.54, 1.807) is 18.2 Å². The van der Waals surface area contributed by atoms with Gasteiger partial charge in [-0.25, -0.2) is 14.4 Å². The van der Waals surface area contributed by atoms with Crippen molar-refractivity contribution < 1.29 is 4.39 Å². The first-order valence-electron chi connectivity index (χ1n) is 5.10. The zero-order valence-corrected chi connectivity index (χ0v) is 11.4. The van der Waals surface area contributed by atoms with Gasteiger partial charge in [0.05, 0.1) is 9.26 Å². The van der Waals surface area contributed by atoms with E-state index in [4.69, 9.17) is 5.73 Å². The topological polar surface area (TPSA) is 51.8 Å². The van der Waals surface area contributed by atoms with E-state index in [2.05, 4.69) is 32.6 Å². The zero-order valence-electron chi connectivity index (χ0n) is 9.24. The lowest BCUT2D eigenvalue weighted by atomic mass is 10.1. The monoisotopic (exact) mass is 343 g/mol. The predicted molar refractivity (Wildman–Crippen MR) is 73.1 cm³/mol. The third-order valence-corrected chi connectivity index (χ3v) is 3.73. The lowest BCUT2D eigenvalue weighted by Crippen LogP contribution is -2.06. The summed E-state index contributed by atoms with van der Waals surface area (Å²) in [6.07, 6.45) is 0.356. The Kier molecular flexibility index (Phi) is 3.56. The number of anilines is 1. The second kappa shape index (κ2) is 4.95. The van der Waals surface area contributed by atoms with Crippen molar-refractivity contribution in [2.75, 3.05) is 5.73 Å². The van der Waals surface area contributed by atoms with Crippen molar-refractivity contribution in [3.63, 3.8) is 0 Å². The molecule has 0 spiro atoms. The smallest absolute Gasteiger partial charge is 0.140 e. The molecule has 0 saturated carbocycles. The Balaban J connectivity index is 2.34. The lowest BCUT2D eigenvalue weighted by Gasteiger charge is -2.06. The Hall–Kier alpha value is -1.24. The van der Waals surface area contributed by atoms with Gasteiger partial charge in [0.1, 0.15) is 17.5 Å². The van der Waals surface area contributed by atoms with Crippen LogP contribution in [0.15, 0.2) is 24.3 Å². The molecule has 2 aromatic rings. The fourth-order valence-electron chi connectivity index (χ4n) is 1.53. The number of aryl methyl sites for hydroxylation is 1. The van der Waals surface area contributed by atoms with E-state index in [1.165, 1.54) is 6.07 Å². The van der Waals surface area contributed by atoms with Crippen molar-refractivity contribution in [1.82, 2.24) is 9.97 Å². The van der Waals surface area contributed by atoms with Crippen molar-refractivity contribution in [1.29, 1.82) is 0 Å². The van der Waals surface area contributed by atoms with Crippen LogP contribution in [0.2, 0.25) is 0 Å². The van der Waals surface area contributed by atoms with Gasteiger partial charge >= 0.3 is 0 Å². The normalized spacial score (nSPS) is 10.5. The summed E-state index contributed by atoms with van der Waals surface area (Å²) in [6.45, 7) is 1.87. The number of nitrogens with two attached hydrogens (primary N) is 1. The number of nitrogen functional groups attached to an aromatic ring is 1. The number of rotatable bonds is 2. The largest absolute Gasteiger partial charge is 0.383 e. The van der Waals surface area contributed by atoms with Gasteiger partial charge in [0.25, 0.3) is 0 Å². The van der Waals surface area contributed by atoms with Crippen LogP contribution in [0.1, 0.15) is 17.1 Å². The molecule has 3 nitrogen and oxygen atoms in total. The molecular weight excluding hydrogens is 332 g/mol. The Labute approximate surface area is 112 Å². The summed E-state index contributed by atoms with van der Waals surface area (Å²) >= 11 is 2.10. The van der Waals surface area contributed by atoms with Gasteiger partial charge in [-0.05, 0) is 41.1 Å². The summed E-state index contributed by atoms with van der Waals surface area (Å²) in [7, 11) is 0. The van der Waals surface area contributed by atoms with E-state index < -0.39 is 0 Å². The van der Waals surface area contributed by atoms with E-state index in [-0.39, 0.29) is 5.82 Å². The van der Waals surface area contributed by atoms with Gasteiger partial charge in [0.15, 0.2) is 0 Å². The molecule has 0 aliphatic heterocycles. The third kappa shape index (κ3) is 2.71. The molecule has 1 aromatic carbocycles. The van der Waals surface area contributed by atoms with Crippen LogP contribution >= 0.6 is 22.6 Å². The maximum Gasteiger partial charge on any atom is 0.140 e. The number of hydrogen-bond acceptors (Lipinski definition) is 3. The van der Waals surface area contributed by atoms with Crippen LogP contribution in [0.25, 0.3) is 0 Å². The maximum atomic E-state index is 13.5.